The van der Waals surface area contributed by atoms with Crippen LogP contribution in [-0.2, 0) is 15.6 Å². The van der Waals surface area contributed by atoms with Crippen molar-refractivity contribution in [2.24, 2.45) is 0 Å². The summed E-state index contributed by atoms with van der Waals surface area (Å²) in [5.41, 5.74) is 0.475. The first-order valence-corrected chi connectivity index (χ1v) is 7.20. The van der Waals surface area contributed by atoms with Crippen LogP contribution in [-0.4, -0.2) is 14.2 Å². The lowest BCUT2D eigenvalue weighted by Crippen LogP contribution is -2.09. The molecule has 0 atom stereocenters. The molecule has 0 aliphatic rings. The van der Waals surface area contributed by atoms with E-state index >= 15 is 0 Å². The standard InChI is InChI=1S/C10H12BrFO2S/c1-2-5-15(13,14)7-8-6-9(12)3-4-10(8)11/h3-4,6H,2,5,7H2,1H3. The SMILES string of the molecule is CCCS(=O)(=O)Cc1cc(F)ccc1Br. The average Bonchev–Trinajstić information content (AvgIpc) is 2.10. The van der Waals surface area contributed by atoms with Gasteiger partial charge >= 0.3 is 0 Å². The monoisotopic (exact) mass is 294 g/mol. The molecular formula is C10H12BrFO2S. The number of hydrogen-bond donors (Lipinski definition) is 0. The molecule has 0 amide bonds. The maximum Gasteiger partial charge on any atom is 0.154 e. The van der Waals surface area contributed by atoms with Crippen molar-refractivity contribution in [3.63, 3.8) is 0 Å². The van der Waals surface area contributed by atoms with Gasteiger partial charge in [0.15, 0.2) is 9.84 Å². The first kappa shape index (κ1) is 12.6. The normalized spacial score (nSPS) is 11.7. The summed E-state index contributed by atoms with van der Waals surface area (Å²) in [6.45, 7) is 1.80. The first-order valence-electron chi connectivity index (χ1n) is 4.59. The van der Waals surface area contributed by atoms with Crippen LogP contribution in [0.3, 0.4) is 0 Å². The second-order valence-corrected chi connectivity index (χ2v) is 6.37. The second-order valence-electron chi connectivity index (χ2n) is 3.33. The predicted molar refractivity (Wildman–Crippen MR) is 61.9 cm³/mol. The Morgan fingerprint density at radius 2 is 2.07 bits per heavy atom. The molecule has 0 spiro atoms. The lowest BCUT2D eigenvalue weighted by molar-refractivity contribution is 0.593. The van der Waals surface area contributed by atoms with Crippen molar-refractivity contribution in [2.75, 3.05) is 5.75 Å². The van der Waals surface area contributed by atoms with E-state index in [1.54, 1.807) is 6.92 Å². The molecule has 0 N–H and O–H groups in total. The molecule has 1 aromatic carbocycles. The molecule has 1 aromatic rings. The van der Waals surface area contributed by atoms with Crippen molar-refractivity contribution < 1.29 is 12.8 Å². The van der Waals surface area contributed by atoms with E-state index in [2.05, 4.69) is 15.9 Å². The molecule has 1 rings (SSSR count). The smallest absolute Gasteiger partial charge is 0.154 e. The third-order valence-corrected chi connectivity index (χ3v) is 4.45. The van der Waals surface area contributed by atoms with Gasteiger partial charge in [-0.25, -0.2) is 12.8 Å². The maximum atomic E-state index is 12.9. The first-order chi connectivity index (χ1) is 6.94. The van der Waals surface area contributed by atoms with Crippen LogP contribution in [0.1, 0.15) is 18.9 Å². The topological polar surface area (TPSA) is 34.1 Å². The number of halogens is 2. The van der Waals surface area contributed by atoms with Crippen molar-refractivity contribution in [3.05, 3.63) is 34.1 Å². The molecule has 2 nitrogen and oxygen atoms in total. The Hall–Kier alpha value is -0.420. The van der Waals surface area contributed by atoms with Gasteiger partial charge in [-0.3, -0.25) is 0 Å². The van der Waals surface area contributed by atoms with Crippen molar-refractivity contribution in [1.29, 1.82) is 0 Å². The quantitative estimate of drug-likeness (QED) is 0.856. The number of sulfone groups is 1. The summed E-state index contributed by atoms with van der Waals surface area (Å²) in [7, 11) is -3.12. The molecule has 84 valence electrons. The molecule has 0 aliphatic carbocycles. The molecule has 0 radical (unpaired) electrons. The number of rotatable bonds is 4. The van der Waals surface area contributed by atoms with Crippen LogP contribution < -0.4 is 0 Å². The van der Waals surface area contributed by atoms with Gasteiger partial charge in [-0.2, -0.15) is 0 Å². The van der Waals surface area contributed by atoms with Gasteiger partial charge in [0.25, 0.3) is 0 Å². The molecular weight excluding hydrogens is 283 g/mol. The highest BCUT2D eigenvalue weighted by Gasteiger charge is 2.13. The van der Waals surface area contributed by atoms with Crippen molar-refractivity contribution >= 4 is 25.8 Å². The summed E-state index contributed by atoms with van der Waals surface area (Å²) in [5, 5.41) is 0. The van der Waals surface area contributed by atoms with Gasteiger partial charge in [0, 0.05) is 4.47 Å². The maximum absolute atomic E-state index is 12.9. The third-order valence-electron chi connectivity index (χ3n) is 1.90. The molecule has 0 saturated heterocycles. The Morgan fingerprint density at radius 1 is 1.40 bits per heavy atom. The highest BCUT2D eigenvalue weighted by atomic mass is 79.9. The van der Waals surface area contributed by atoms with E-state index in [-0.39, 0.29) is 11.5 Å². The second kappa shape index (κ2) is 5.07. The van der Waals surface area contributed by atoms with Gasteiger partial charge in [0.05, 0.1) is 11.5 Å². The Morgan fingerprint density at radius 3 is 2.67 bits per heavy atom. The summed E-state index contributed by atoms with van der Waals surface area (Å²) < 4.78 is 36.6. The third kappa shape index (κ3) is 3.91. The van der Waals surface area contributed by atoms with E-state index in [0.717, 1.165) is 0 Å². The van der Waals surface area contributed by atoms with Crippen molar-refractivity contribution in [3.8, 4) is 0 Å². The van der Waals surface area contributed by atoms with Crippen LogP contribution in [0, 0.1) is 5.82 Å². The minimum Gasteiger partial charge on any atom is -0.228 e. The molecule has 15 heavy (non-hydrogen) atoms. The van der Waals surface area contributed by atoms with E-state index in [4.69, 9.17) is 0 Å². The largest absolute Gasteiger partial charge is 0.228 e. The van der Waals surface area contributed by atoms with Gasteiger partial charge in [0.2, 0.25) is 0 Å². The van der Waals surface area contributed by atoms with Gasteiger partial charge in [-0.15, -0.1) is 0 Å². The zero-order chi connectivity index (χ0) is 11.5. The molecule has 0 heterocycles. The van der Waals surface area contributed by atoms with Crippen LogP contribution in [0.4, 0.5) is 4.39 Å². The van der Waals surface area contributed by atoms with E-state index < -0.39 is 15.7 Å². The molecule has 0 bridgehead atoms. The zero-order valence-corrected chi connectivity index (χ0v) is 10.7. The fraction of sp³-hybridized carbons (Fsp3) is 0.400. The van der Waals surface area contributed by atoms with Gasteiger partial charge in [-0.1, -0.05) is 22.9 Å². The molecule has 0 aliphatic heterocycles. The van der Waals surface area contributed by atoms with Crippen LogP contribution in [0.15, 0.2) is 22.7 Å². The molecule has 0 unspecified atom stereocenters. The van der Waals surface area contributed by atoms with E-state index in [1.807, 2.05) is 0 Å². The van der Waals surface area contributed by atoms with Gasteiger partial charge < -0.3 is 0 Å². The van der Waals surface area contributed by atoms with E-state index in [0.29, 0.717) is 16.5 Å². The summed E-state index contributed by atoms with van der Waals surface area (Å²) in [6, 6.07) is 4.06. The van der Waals surface area contributed by atoms with Gasteiger partial charge in [-0.05, 0) is 30.2 Å². The van der Waals surface area contributed by atoms with Crippen molar-refractivity contribution in [2.45, 2.75) is 19.1 Å². The molecule has 0 aromatic heterocycles. The summed E-state index contributed by atoms with van der Waals surface area (Å²) in [4.78, 5) is 0. The Balaban J connectivity index is 2.94. The lowest BCUT2D eigenvalue weighted by atomic mass is 10.2. The molecule has 5 heteroatoms. The molecule has 0 fully saturated rings. The Labute approximate surface area is 97.5 Å². The minimum absolute atomic E-state index is 0.112. The zero-order valence-electron chi connectivity index (χ0n) is 8.33. The van der Waals surface area contributed by atoms with Crippen LogP contribution >= 0.6 is 15.9 Å². The van der Waals surface area contributed by atoms with Gasteiger partial charge in [0.1, 0.15) is 5.82 Å². The number of benzene rings is 1. The average molecular weight is 295 g/mol. The van der Waals surface area contributed by atoms with E-state index in [9.17, 15) is 12.8 Å². The summed E-state index contributed by atoms with van der Waals surface area (Å²) in [6.07, 6.45) is 0.579. The van der Waals surface area contributed by atoms with Crippen LogP contribution in [0.2, 0.25) is 0 Å². The number of hydrogen-bond acceptors (Lipinski definition) is 2. The highest BCUT2D eigenvalue weighted by molar-refractivity contribution is 9.10. The fourth-order valence-corrected chi connectivity index (χ4v) is 3.33. The predicted octanol–water partition coefficient (Wildman–Crippen LogP) is 2.91. The Kier molecular flexibility index (Phi) is 4.28. The minimum atomic E-state index is -3.12. The Bertz CT molecular complexity index is 443. The van der Waals surface area contributed by atoms with Crippen LogP contribution in [0.25, 0.3) is 0 Å². The highest BCUT2D eigenvalue weighted by Crippen LogP contribution is 2.20. The fourth-order valence-electron chi connectivity index (χ4n) is 1.27. The lowest BCUT2D eigenvalue weighted by Gasteiger charge is -2.05. The summed E-state index contributed by atoms with van der Waals surface area (Å²) >= 11 is 3.20. The van der Waals surface area contributed by atoms with Crippen LogP contribution in [0.5, 0.6) is 0 Å². The molecule has 0 saturated carbocycles. The summed E-state index contributed by atoms with van der Waals surface area (Å²) in [5.74, 6) is -0.394. The van der Waals surface area contributed by atoms with E-state index in [1.165, 1.54) is 18.2 Å². The van der Waals surface area contributed by atoms with Crippen molar-refractivity contribution in [1.82, 2.24) is 0 Å².